The summed E-state index contributed by atoms with van der Waals surface area (Å²) in [5.74, 6) is 0.286. The Morgan fingerprint density at radius 3 is 2.69 bits per heavy atom. The number of aromatic nitrogens is 2. The predicted octanol–water partition coefficient (Wildman–Crippen LogP) is 2.94. The zero-order chi connectivity index (χ0) is 18.7. The molecular weight excluding hydrogens is 354 g/mol. The lowest BCUT2D eigenvalue weighted by Gasteiger charge is -2.15. The van der Waals surface area contributed by atoms with Crippen LogP contribution in [0.25, 0.3) is 10.9 Å². The highest BCUT2D eigenvalue weighted by Gasteiger charge is 2.12. The molecule has 0 bridgehead atoms. The van der Waals surface area contributed by atoms with Gasteiger partial charge in [0.15, 0.2) is 0 Å². The first-order valence-corrected chi connectivity index (χ1v) is 8.44. The molecule has 26 heavy (non-hydrogen) atoms. The summed E-state index contributed by atoms with van der Waals surface area (Å²) in [5, 5.41) is 3.91. The quantitative estimate of drug-likeness (QED) is 0.748. The van der Waals surface area contributed by atoms with Crippen molar-refractivity contribution >= 4 is 28.4 Å². The van der Waals surface area contributed by atoms with Crippen LogP contribution in [0.1, 0.15) is 18.5 Å². The molecule has 0 aliphatic rings. The van der Waals surface area contributed by atoms with Crippen LogP contribution >= 0.6 is 11.6 Å². The lowest BCUT2D eigenvalue weighted by atomic mass is 10.1. The lowest BCUT2D eigenvalue weighted by Crippen LogP contribution is -2.34. The van der Waals surface area contributed by atoms with Crippen molar-refractivity contribution in [3.05, 3.63) is 69.7 Å². The maximum Gasteiger partial charge on any atom is 0.261 e. The standard InChI is InChI=1S/C19H18ClN3O3/c1-12(13-3-5-14(20)6-4-13)22-18(24)10-23-11-21-17-8-7-15(26-2)9-16(17)19(23)25/h3-9,11-12H,10H2,1-2H3,(H,22,24)/t12-/m0/s1. The maximum absolute atomic E-state index is 12.6. The highest BCUT2D eigenvalue weighted by molar-refractivity contribution is 6.30. The minimum absolute atomic E-state index is 0.114. The van der Waals surface area contributed by atoms with Crippen molar-refractivity contribution < 1.29 is 9.53 Å². The smallest absolute Gasteiger partial charge is 0.261 e. The van der Waals surface area contributed by atoms with Gasteiger partial charge in [-0.25, -0.2) is 4.98 Å². The van der Waals surface area contributed by atoms with Crippen LogP contribution in [0.5, 0.6) is 5.75 Å². The Morgan fingerprint density at radius 1 is 1.27 bits per heavy atom. The molecule has 3 aromatic rings. The Labute approximate surface area is 155 Å². The van der Waals surface area contributed by atoms with E-state index < -0.39 is 0 Å². The average Bonchev–Trinajstić information content (AvgIpc) is 2.64. The van der Waals surface area contributed by atoms with Crippen molar-refractivity contribution in [1.29, 1.82) is 0 Å². The second-order valence-corrected chi connectivity index (χ2v) is 6.34. The zero-order valence-electron chi connectivity index (χ0n) is 14.4. The summed E-state index contributed by atoms with van der Waals surface area (Å²) in [6.45, 7) is 1.75. The summed E-state index contributed by atoms with van der Waals surface area (Å²) in [6, 6.07) is 12.1. The molecule has 134 valence electrons. The first-order chi connectivity index (χ1) is 12.5. The number of benzene rings is 2. The summed E-state index contributed by atoms with van der Waals surface area (Å²) in [6.07, 6.45) is 1.38. The number of carbonyl (C=O) groups excluding carboxylic acids is 1. The molecule has 0 fully saturated rings. The molecule has 0 aliphatic carbocycles. The van der Waals surface area contributed by atoms with E-state index in [1.165, 1.54) is 18.0 Å². The molecule has 3 rings (SSSR count). The Hall–Kier alpha value is -2.86. The van der Waals surface area contributed by atoms with E-state index in [9.17, 15) is 9.59 Å². The van der Waals surface area contributed by atoms with Crippen molar-refractivity contribution in [3.63, 3.8) is 0 Å². The number of ether oxygens (including phenoxy) is 1. The van der Waals surface area contributed by atoms with Gasteiger partial charge in [0, 0.05) is 5.02 Å². The Kier molecular flexibility index (Phi) is 5.23. The number of carbonyl (C=O) groups is 1. The van der Waals surface area contributed by atoms with Gasteiger partial charge in [0.2, 0.25) is 5.91 Å². The number of methoxy groups -OCH3 is 1. The van der Waals surface area contributed by atoms with E-state index in [0.717, 1.165) is 5.56 Å². The first-order valence-electron chi connectivity index (χ1n) is 8.06. The Bertz CT molecular complexity index is 999. The van der Waals surface area contributed by atoms with E-state index in [0.29, 0.717) is 21.7 Å². The highest BCUT2D eigenvalue weighted by atomic mass is 35.5. The summed E-state index contributed by atoms with van der Waals surface area (Å²) < 4.78 is 6.43. The van der Waals surface area contributed by atoms with Gasteiger partial charge >= 0.3 is 0 Å². The number of fused-ring (bicyclic) bond motifs is 1. The van der Waals surface area contributed by atoms with Gasteiger partial charge < -0.3 is 10.1 Å². The minimum Gasteiger partial charge on any atom is -0.497 e. The van der Waals surface area contributed by atoms with Crippen molar-refractivity contribution in [1.82, 2.24) is 14.9 Å². The fourth-order valence-electron chi connectivity index (χ4n) is 2.65. The van der Waals surface area contributed by atoms with E-state index in [-0.39, 0.29) is 24.1 Å². The maximum atomic E-state index is 12.6. The number of rotatable bonds is 5. The van der Waals surface area contributed by atoms with Gasteiger partial charge in [0.1, 0.15) is 12.3 Å². The van der Waals surface area contributed by atoms with E-state index in [4.69, 9.17) is 16.3 Å². The van der Waals surface area contributed by atoms with Gasteiger partial charge in [-0.2, -0.15) is 0 Å². The Morgan fingerprint density at radius 2 is 2.00 bits per heavy atom. The third-order valence-electron chi connectivity index (χ3n) is 4.09. The number of hydrogen-bond acceptors (Lipinski definition) is 4. The van der Waals surface area contributed by atoms with E-state index in [1.807, 2.05) is 19.1 Å². The van der Waals surface area contributed by atoms with E-state index >= 15 is 0 Å². The van der Waals surface area contributed by atoms with Crippen LogP contribution in [0.4, 0.5) is 0 Å². The number of halogens is 1. The molecule has 0 aliphatic heterocycles. The SMILES string of the molecule is COc1ccc2ncn(CC(=O)N[C@@H](C)c3ccc(Cl)cc3)c(=O)c2c1. The molecule has 1 atom stereocenters. The van der Waals surface area contributed by atoms with Crippen LogP contribution in [0.3, 0.4) is 0 Å². The van der Waals surface area contributed by atoms with Gasteiger partial charge in [-0.3, -0.25) is 14.2 Å². The lowest BCUT2D eigenvalue weighted by molar-refractivity contribution is -0.122. The third-order valence-corrected chi connectivity index (χ3v) is 4.34. The summed E-state index contributed by atoms with van der Waals surface area (Å²) in [5.41, 5.74) is 1.20. The molecule has 0 saturated carbocycles. The van der Waals surface area contributed by atoms with Crippen LogP contribution in [-0.2, 0) is 11.3 Å². The van der Waals surface area contributed by atoms with Crippen LogP contribution in [0.2, 0.25) is 5.02 Å². The van der Waals surface area contributed by atoms with Crippen LogP contribution in [0, 0.1) is 0 Å². The summed E-state index contributed by atoms with van der Waals surface area (Å²) >= 11 is 5.87. The topological polar surface area (TPSA) is 73.2 Å². The van der Waals surface area contributed by atoms with Crippen LogP contribution in [0.15, 0.2) is 53.6 Å². The molecule has 0 unspecified atom stereocenters. The third kappa shape index (κ3) is 3.86. The Balaban J connectivity index is 1.77. The number of amides is 1. The van der Waals surface area contributed by atoms with Gasteiger partial charge in [-0.15, -0.1) is 0 Å². The van der Waals surface area contributed by atoms with Crippen molar-refractivity contribution in [2.75, 3.05) is 7.11 Å². The van der Waals surface area contributed by atoms with Gasteiger partial charge in [0.25, 0.3) is 5.56 Å². The largest absolute Gasteiger partial charge is 0.497 e. The second kappa shape index (κ2) is 7.58. The average molecular weight is 372 g/mol. The van der Waals surface area contributed by atoms with Crippen molar-refractivity contribution in [2.24, 2.45) is 0 Å². The first kappa shape index (κ1) is 17.9. The molecule has 1 heterocycles. The molecule has 7 heteroatoms. The monoisotopic (exact) mass is 371 g/mol. The summed E-state index contributed by atoms with van der Waals surface area (Å²) in [7, 11) is 1.53. The zero-order valence-corrected chi connectivity index (χ0v) is 15.2. The molecule has 2 aromatic carbocycles. The van der Waals surface area contributed by atoms with Crippen LogP contribution in [-0.4, -0.2) is 22.6 Å². The highest BCUT2D eigenvalue weighted by Crippen LogP contribution is 2.17. The van der Waals surface area contributed by atoms with Crippen LogP contribution < -0.4 is 15.6 Å². The second-order valence-electron chi connectivity index (χ2n) is 5.90. The van der Waals surface area contributed by atoms with Crippen molar-refractivity contribution in [2.45, 2.75) is 19.5 Å². The molecule has 1 amide bonds. The fraction of sp³-hybridized carbons (Fsp3) is 0.211. The summed E-state index contributed by atoms with van der Waals surface area (Å²) in [4.78, 5) is 29.2. The molecule has 1 N–H and O–H groups in total. The predicted molar refractivity (Wildman–Crippen MR) is 101 cm³/mol. The molecule has 6 nitrogen and oxygen atoms in total. The molecule has 0 saturated heterocycles. The molecule has 0 spiro atoms. The van der Waals surface area contributed by atoms with Gasteiger partial charge in [-0.05, 0) is 42.8 Å². The van der Waals surface area contributed by atoms with E-state index in [2.05, 4.69) is 10.3 Å². The number of nitrogens with zero attached hydrogens (tertiary/aromatic N) is 2. The normalized spacial score (nSPS) is 12.0. The minimum atomic E-state index is -0.289. The molecule has 0 radical (unpaired) electrons. The van der Waals surface area contributed by atoms with Gasteiger partial charge in [0.05, 0.1) is 30.4 Å². The van der Waals surface area contributed by atoms with E-state index in [1.54, 1.807) is 30.3 Å². The number of hydrogen-bond donors (Lipinski definition) is 1. The number of nitrogens with one attached hydrogen (secondary N) is 1. The molecular formula is C19H18ClN3O3. The van der Waals surface area contributed by atoms with Crippen molar-refractivity contribution in [3.8, 4) is 5.75 Å². The molecule has 1 aromatic heterocycles. The fourth-order valence-corrected chi connectivity index (χ4v) is 2.78. The van der Waals surface area contributed by atoms with Gasteiger partial charge in [-0.1, -0.05) is 23.7 Å².